The average molecular weight is 223 g/mol. The zero-order chi connectivity index (χ0) is 10.7. The molecule has 7 nitrogen and oxygen atoms in total. The van der Waals surface area contributed by atoms with Gasteiger partial charge in [0.15, 0.2) is 11.3 Å². The smallest absolute Gasteiger partial charge is 0.178 e. The van der Waals surface area contributed by atoms with Gasteiger partial charge in [-0.15, -0.1) is 0 Å². The van der Waals surface area contributed by atoms with E-state index in [4.69, 9.17) is 15.6 Å². The molecule has 1 fully saturated rings. The van der Waals surface area contributed by atoms with E-state index < -0.39 is 24.5 Å². The minimum atomic E-state index is -1.26. The van der Waals surface area contributed by atoms with Crippen molar-refractivity contribution in [3.05, 3.63) is 0 Å². The highest BCUT2D eigenvalue weighted by Crippen LogP contribution is 2.12. The van der Waals surface area contributed by atoms with Crippen molar-refractivity contribution in [2.75, 3.05) is 6.61 Å². The van der Waals surface area contributed by atoms with Crippen molar-refractivity contribution in [3.8, 4) is 0 Å². The quantitative estimate of drug-likeness (QED) is 0.213. The van der Waals surface area contributed by atoms with E-state index in [9.17, 15) is 10.2 Å². The molecule has 0 amide bonds. The molecule has 4 atom stereocenters. The molecule has 0 aliphatic carbocycles. The lowest BCUT2D eigenvalue weighted by Gasteiger charge is -2.35. The molecule has 0 aromatic rings. The van der Waals surface area contributed by atoms with Crippen LogP contribution in [0, 0.1) is 0 Å². The molecular weight excluding hydrogens is 210 g/mol. The number of hydrogen-bond donors (Lipinski definition) is 6. The highest BCUT2D eigenvalue weighted by Gasteiger charge is 2.37. The number of nitrogens with one attached hydrogen (secondary N) is 2. The fourth-order valence-electron chi connectivity index (χ4n) is 1.08. The average Bonchev–Trinajstić information content (AvgIpc) is 2.13. The third kappa shape index (κ3) is 2.74. The molecule has 0 aromatic carbocycles. The zero-order valence-corrected chi connectivity index (χ0v) is 8.07. The van der Waals surface area contributed by atoms with Gasteiger partial charge in [-0.3, -0.25) is 5.43 Å². The van der Waals surface area contributed by atoms with E-state index in [0.29, 0.717) is 0 Å². The molecule has 8 heteroatoms. The molecule has 0 aromatic heterocycles. The maximum Gasteiger partial charge on any atom is 0.178 e. The van der Waals surface area contributed by atoms with Crippen LogP contribution < -0.4 is 16.6 Å². The summed E-state index contributed by atoms with van der Waals surface area (Å²) < 4.78 is 4.97. The predicted octanol–water partition coefficient (Wildman–Crippen LogP) is -3.24. The minimum Gasteiger partial charge on any atom is -0.388 e. The molecule has 0 bridgehead atoms. The summed E-state index contributed by atoms with van der Waals surface area (Å²) in [7, 11) is 0. The molecule has 1 rings (SSSR count). The Labute approximate surface area is 85.8 Å². The van der Waals surface area contributed by atoms with E-state index in [1.54, 1.807) is 0 Å². The summed E-state index contributed by atoms with van der Waals surface area (Å²) >= 11 is 4.51. The topological polar surface area (TPSA) is 120 Å². The molecule has 7 N–H and O–H groups in total. The van der Waals surface area contributed by atoms with Gasteiger partial charge in [0.25, 0.3) is 0 Å². The second-order valence-corrected chi connectivity index (χ2v) is 3.38. The van der Waals surface area contributed by atoms with Crippen LogP contribution in [0.3, 0.4) is 0 Å². The van der Waals surface area contributed by atoms with Crippen LogP contribution in [0.25, 0.3) is 0 Å². The van der Waals surface area contributed by atoms with Gasteiger partial charge < -0.3 is 25.8 Å². The Morgan fingerprint density at radius 1 is 1.36 bits per heavy atom. The lowest BCUT2D eigenvalue weighted by atomic mass is 10.1. The molecule has 14 heavy (non-hydrogen) atoms. The molecule has 0 radical (unpaired) electrons. The standard InChI is InChI=1S/C6H13N3O4S/c7-6(14)9-8-5-4(12)3(11)2(10)1-13-5/h2-5,8,10-12H,1H2,(H3,7,9,14)/t2-,3+,4?,5?/m1/s1. The van der Waals surface area contributed by atoms with Gasteiger partial charge in [-0.2, -0.15) is 0 Å². The zero-order valence-electron chi connectivity index (χ0n) is 7.25. The van der Waals surface area contributed by atoms with Gasteiger partial charge in [-0.25, -0.2) is 5.43 Å². The number of aliphatic hydroxyl groups is 3. The van der Waals surface area contributed by atoms with E-state index in [1.807, 2.05) is 0 Å². The van der Waals surface area contributed by atoms with E-state index in [-0.39, 0.29) is 11.7 Å². The minimum absolute atomic E-state index is 0.0126. The first kappa shape index (κ1) is 11.6. The molecule has 82 valence electrons. The third-order valence-electron chi connectivity index (χ3n) is 1.84. The first-order chi connectivity index (χ1) is 6.52. The fraction of sp³-hybridized carbons (Fsp3) is 0.833. The van der Waals surface area contributed by atoms with Crippen LogP contribution in [0.4, 0.5) is 0 Å². The summed E-state index contributed by atoms with van der Waals surface area (Å²) in [6.07, 6.45) is -4.46. The molecule has 0 saturated carbocycles. The maximum atomic E-state index is 9.40. The largest absolute Gasteiger partial charge is 0.388 e. The van der Waals surface area contributed by atoms with E-state index in [2.05, 4.69) is 23.1 Å². The first-order valence-corrected chi connectivity index (χ1v) is 4.40. The molecule has 1 aliphatic rings. The number of nitrogens with two attached hydrogens (primary N) is 1. The molecule has 1 aliphatic heterocycles. The van der Waals surface area contributed by atoms with Gasteiger partial charge in [0.1, 0.15) is 18.3 Å². The van der Waals surface area contributed by atoms with E-state index >= 15 is 0 Å². The van der Waals surface area contributed by atoms with Crippen LogP contribution in [-0.4, -0.2) is 51.6 Å². The SMILES string of the molecule is NC(=S)NNC1OC[C@@H](O)[C@H](O)C1O. The number of aliphatic hydroxyl groups excluding tert-OH is 3. The van der Waals surface area contributed by atoms with Crippen molar-refractivity contribution in [2.45, 2.75) is 24.5 Å². The highest BCUT2D eigenvalue weighted by atomic mass is 32.1. The summed E-state index contributed by atoms with van der Waals surface area (Å²) in [5.41, 5.74) is 9.95. The van der Waals surface area contributed by atoms with Crippen molar-refractivity contribution in [3.63, 3.8) is 0 Å². The predicted molar refractivity (Wildman–Crippen MR) is 50.8 cm³/mol. The Hall–Kier alpha value is -0.510. The maximum absolute atomic E-state index is 9.40. The van der Waals surface area contributed by atoms with Gasteiger partial charge in [0.2, 0.25) is 0 Å². The van der Waals surface area contributed by atoms with Crippen molar-refractivity contribution >= 4 is 17.3 Å². The normalized spacial score (nSPS) is 37.9. The van der Waals surface area contributed by atoms with Crippen molar-refractivity contribution in [1.82, 2.24) is 10.9 Å². The van der Waals surface area contributed by atoms with Gasteiger partial charge >= 0.3 is 0 Å². The number of ether oxygens (including phenoxy) is 1. The van der Waals surface area contributed by atoms with Crippen LogP contribution in [0.1, 0.15) is 0 Å². The summed E-state index contributed by atoms with van der Waals surface area (Å²) in [5, 5.41) is 27.8. The van der Waals surface area contributed by atoms with Crippen LogP contribution in [0.5, 0.6) is 0 Å². The van der Waals surface area contributed by atoms with Crippen molar-refractivity contribution in [2.24, 2.45) is 5.73 Å². The summed E-state index contributed by atoms with van der Waals surface area (Å²) in [6.45, 7) is -0.0745. The van der Waals surface area contributed by atoms with Gasteiger partial charge in [-0.1, -0.05) is 0 Å². The molecule has 2 unspecified atom stereocenters. The molecule has 0 spiro atoms. The number of thiocarbonyl (C=S) groups is 1. The van der Waals surface area contributed by atoms with Crippen molar-refractivity contribution in [1.29, 1.82) is 0 Å². The van der Waals surface area contributed by atoms with Crippen molar-refractivity contribution < 1.29 is 20.1 Å². The lowest BCUT2D eigenvalue weighted by molar-refractivity contribution is -0.196. The summed E-state index contributed by atoms with van der Waals surface area (Å²) in [4.78, 5) is 0. The second kappa shape index (κ2) is 4.82. The Bertz CT molecular complexity index is 217. The molecule has 1 saturated heterocycles. The van der Waals surface area contributed by atoms with Gasteiger partial charge in [0.05, 0.1) is 6.61 Å². The van der Waals surface area contributed by atoms with E-state index in [0.717, 1.165) is 0 Å². The molecule has 1 heterocycles. The number of hydrogen-bond acceptors (Lipinski definition) is 6. The number of rotatable bonds is 2. The Morgan fingerprint density at radius 3 is 2.57 bits per heavy atom. The second-order valence-electron chi connectivity index (χ2n) is 2.94. The van der Waals surface area contributed by atoms with E-state index in [1.165, 1.54) is 0 Å². The Morgan fingerprint density at radius 2 is 2.00 bits per heavy atom. The number of hydrazine groups is 1. The summed E-state index contributed by atoms with van der Waals surface area (Å²) in [5.74, 6) is 0. The summed E-state index contributed by atoms with van der Waals surface area (Å²) in [6, 6.07) is 0. The fourth-order valence-corrected chi connectivity index (χ4v) is 1.13. The Balaban J connectivity index is 2.42. The Kier molecular flexibility index (Phi) is 3.98. The highest BCUT2D eigenvalue weighted by molar-refractivity contribution is 7.80. The monoisotopic (exact) mass is 223 g/mol. The van der Waals surface area contributed by atoms with Crippen LogP contribution in [0.15, 0.2) is 0 Å². The van der Waals surface area contributed by atoms with Crippen LogP contribution in [0.2, 0.25) is 0 Å². The molecular formula is C6H13N3O4S. The van der Waals surface area contributed by atoms with Gasteiger partial charge in [-0.05, 0) is 12.2 Å². The van der Waals surface area contributed by atoms with Gasteiger partial charge in [0, 0.05) is 0 Å². The van der Waals surface area contributed by atoms with Crippen LogP contribution in [-0.2, 0) is 4.74 Å². The van der Waals surface area contributed by atoms with Crippen LogP contribution >= 0.6 is 12.2 Å². The first-order valence-electron chi connectivity index (χ1n) is 3.99. The lowest BCUT2D eigenvalue weighted by Crippen LogP contribution is -2.61. The third-order valence-corrected chi connectivity index (χ3v) is 1.94.